The number of unbranched alkanes of at least 4 members (excludes halogenated alkanes) is 1. The number of nitrogens with one attached hydrogen (secondary N) is 1. The summed E-state index contributed by atoms with van der Waals surface area (Å²) in [7, 11) is 0. The van der Waals surface area contributed by atoms with Gasteiger partial charge in [0.1, 0.15) is 22.4 Å². The van der Waals surface area contributed by atoms with E-state index < -0.39 is 16.0 Å². The van der Waals surface area contributed by atoms with Gasteiger partial charge in [0.05, 0.1) is 9.85 Å². The van der Waals surface area contributed by atoms with Gasteiger partial charge >= 0.3 is 18.9 Å². The van der Waals surface area contributed by atoms with E-state index in [1.165, 1.54) is 36.9 Å². The summed E-state index contributed by atoms with van der Waals surface area (Å²) in [5, 5.41) is 34.2. The standard InChI is InChI=1S/C12H9ClN2O3.C7H4ClNO3.C5H4BrN.C4H13N3.C4H9.Li/c13-10-4-3-8(6-11(10)15(17)18)12(16)9-2-1-5-14-7-9;8-6-2-1-5(4-10)3-7(6)9(11)12;6-5-2-1-3-7-4-5;5-1-3-7-4-2-6;1-3-4-2;/h1-7,12,16H;1-4H;1-4H;7H,1-6H2;1,3-4H2,2H3;/q;;;;-1;+1. The number of nitrogens with two attached hydrogens (primary N) is 2. The SMILES string of the molecule is Brc1cccnc1.NCCNCCN.O=Cc1ccc(Cl)c([N+](=O)[O-])c1.O=[N+]([O-])c1cc(C(O)c2cccnc2)ccc1Cl.[CH2-]CCC.[Li+]. The number of rotatable bonds is 10. The third-order valence-corrected chi connectivity index (χ3v) is 6.52. The fourth-order valence-electron chi connectivity index (χ4n) is 2.98. The van der Waals surface area contributed by atoms with Gasteiger partial charge in [-0.15, -0.1) is 0 Å². The van der Waals surface area contributed by atoms with Crippen LogP contribution in [0.25, 0.3) is 0 Å². The molecule has 6 N–H and O–H groups in total. The van der Waals surface area contributed by atoms with Gasteiger partial charge in [-0.3, -0.25) is 35.0 Å². The Morgan fingerprint density at radius 1 is 0.918 bits per heavy atom. The molecule has 2 aromatic carbocycles. The van der Waals surface area contributed by atoms with Crippen molar-refractivity contribution >= 4 is 56.8 Å². The van der Waals surface area contributed by atoms with E-state index in [4.69, 9.17) is 34.7 Å². The summed E-state index contributed by atoms with van der Waals surface area (Å²) in [5.74, 6) is 0. The van der Waals surface area contributed by atoms with E-state index in [9.17, 15) is 30.1 Å². The number of aliphatic hydroxyl groups excluding tert-OH is 1. The fourth-order valence-corrected chi connectivity index (χ4v) is 3.63. The van der Waals surface area contributed by atoms with E-state index in [0.717, 1.165) is 30.0 Å². The summed E-state index contributed by atoms with van der Waals surface area (Å²) in [6, 6.07) is 15.3. The van der Waals surface area contributed by atoms with E-state index in [-0.39, 0.29) is 45.8 Å². The summed E-state index contributed by atoms with van der Waals surface area (Å²) < 4.78 is 1.02. The summed E-state index contributed by atoms with van der Waals surface area (Å²) in [6.07, 6.45) is 8.43. The van der Waals surface area contributed by atoms with Crippen LogP contribution in [0.3, 0.4) is 0 Å². The zero-order chi connectivity index (χ0) is 36.3. The van der Waals surface area contributed by atoms with Gasteiger partial charge in [-0.25, -0.2) is 0 Å². The van der Waals surface area contributed by atoms with Crippen LogP contribution in [-0.4, -0.2) is 57.4 Å². The van der Waals surface area contributed by atoms with Crippen molar-refractivity contribution in [3.05, 3.63) is 144 Å². The molecule has 49 heavy (non-hydrogen) atoms. The quantitative estimate of drug-likeness (QED) is 0.0455. The average molecular weight is 775 g/mol. The molecule has 13 nitrogen and oxygen atoms in total. The first-order valence-electron chi connectivity index (χ1n) is 14.3. The number of hydrogen-bond acceptors (Lipinski definition) is 11. The van der Waals surface area contributed by atoms with Gasteiger partial charge in [-0.2, -0.15) is 6.42 Å². The van der Waals surface area contributed by atoms with E-state index >= 15 is 0 Å². The minimum absolute atomic E-state index is 0. The van der Waals surface area contributed by atoms with Crippen LogP contribution in [0.4, 0.5) is 11.4 Å². The van der Waals surface area contributed by atoms with Crippen molar-refractivity contribution in [2.75, 3.05) is 26.2 Å². The van der Waals surface area contributed by atoms with Gasteiger partial charge in [0.15, 0.2) is 0 Å². The van der Waals surface area contributed by atoms with Gasteiger partial charge < -0.3 is 28.8 Å². The third-order valence-electron chi connectivity index (χ3n) is 5.41. The molecule has 0 fully saturated rings. The molecule has 2 heterocycles. The van der Waals surface area contributed by atoms with Crippen LogP contribution in [0.5, 0.6) is 0 Å². The molecule has 0 saturated carbocycles. The minimum Gasteiger partial charge on any atom is -0.384 e. The molecule has 0 aliphatic heterocycles. The predicted molar refractivity (Wildman–Crippen MR) is 193 cm³/mol. The number of aliphatic hydroxyl groups is 1. The van der Waals surface area contributed by atoms with Crippen LogP contribution in [0, 0.1) is 27.2 Å². The number of hydrogen-bond donors (Lipinski definition) is 4. The number of carbonyl (C=O) groups is 1. The van der Waals surface area contributed by atoms with Gasteiger partial charge in [0.2, 0.25) is 0 Å². The first kappa shape index (κ1) is 47.8. The molecule has 4 rings (SSSR count). The monoisotopic (exact) mass is 773 g/mol. The average Bonchev–Trinajstić information content (AvgIpc) is 3.10. The van der Waals surface area contributed by atoms with E-state index in [0.29, 0.717) is 30.5 Å². The second-order valence-electron chi connectivity index (χ2n) is 9.09. The maximum Gasteiger partial charge on any atom is 1.00 e. The molecule has 1 unspecified atom stereocenters. The van der Waals surface area contributed by atoms with Crippen LogP contribution in [0.2, 0.25) is 10.0 Å². The van der Waals surface area contributed by atoms with Crippen molar-refractivity contribution in [1.29, 1.82) is 0 Å². The molecule has 0 spiro atoms. The topological polar surface area (TPSA) is 213 Å². The van der Waals surface area contributed by atoms with Crippen molar-refractivity contribution in [3.63, 3.8) is 0 Å². The number of nitro benzene ring substituents is 2. The molecule has 0 amide bonds. The summed E-state index contributed by atoms with van der Waals surface area (Å²) in [6.45, 7) is 8.86. The summed E-state index contributed by atoms with van der Waals surface area (Å²) in [5.41, 5.74) is 11.1. The Kier molecular flexibility index (Phi) is 28.9. The molecule has 0 saturated heterocycles. The van der Waals surface area contributed by atoms with Gasteiger partial charge in [-0.05, 0) is 57.9 Å². The molecular formula is C32H39BrCl2LiN7O6. The van der Waals surface area contributed by atoms with Crippen LogP contribution >= 0.6 is 39.1 Å². The Labute approximate surface area is 316 Å². The molecule has 1 atom stereocenters. The largest absolute Gasteiger partial charge is 1.00 e. The van der Waals surface area contributed by atoms with Crippen molar-refractivity contribution < 1.29 is 38.6 Å². The van der Waals surface area contributed by atoms with Gasteiger partial charge in [0.25, 0.3) is 11.4 Å². The number of nitro groups is 2. The van der Waals surface area contributed by atoms with Crippen LogP contribution in [0.15, 0.2) is 89.9 Å². The molecule has 0 radical (unpaired) electrons. The molecule has 4 aromatic rings. The zero-order valence-corrected chi connectivity index (χ0v) is 30.4. The number of halogens is 3. The zero-order valence-electron chi connectivity index (χ0n) is 27.3. The molecule has 0 aliphatic carbocycles. The number of benzene rings is 2. The number of carbonyl (C=O) groups excluding carboxylic acids is 1. The maximum absolute atomic E-state index is 10.8. The van der Waals surface area contributed by atoms with Crippen LogP contribution in [0.1, 0.15) is 47.4 Å². The van der Waals surface area contributed by atoms with E-state index in [2.05, 4.69) is 45.1 Å². The Bertz CT molecular complexity index is 1490. The Morgan fingerprint density at radius 3 is 1.82 bits per heavy atom. The van der Waals surface area contributed by atoms with Crippen molar-refractivity contribution in [3.8, 4) is 0 Å². The number of pyridine rings is 2. The fraction of sp³-hybridized carbons (Fsp3) is 0.250. The maximum atomic E-state index is 10.8. The molecule has 17 heteroatoms. The van der Waals surface area contributed by atoms with Crippen LogP contribution in [-0.2, 0) is 0 Å². The first-order chi connectivity index (χ1) is 23.0. The van der Waals surface area contributed by atoms with Crippen LogP contribution < -0.4 is 35.6 Å². The Morgan fingerprint density at radius 2 is 1.43 bits per heavy atom. The first-order valence-corrected chi connectivity index (χ1v) is 15.9. The Balaban J connectivity index is 0. The number of aromatic nitrogens is 2. The molecule has 0 aliphatic rings. The van der Waals surface area contributed by atoms with Crippen molar-refractivity contribution in [2.24, 2.45) is 11.5 Å². The summed E-state index contributed by atoms with van der Waals surface area (Å²) >= 11 is 14.4. The van der Waals surface area contributed by atoms with Gasteiger partial charge in [-0.1, -0.05) is 48.7 Å². The minimum atomic E-state index is -0.963. The summed E-state index contributed by atoms with van der Waals surface area (Å²) in [4.78, 5) is 37.8. The Hall–Kier alpha value is -3.29. The molecular weight excluding hydrogens is 736 g/mol. The van der Waals surface area contributed by atoms with E-state index in [1.807, 2.05) is 12.1 Å². The second-order valence-corrected chi connectivity index (χ2v) is 10.8. The predicted octanol–water partition coefficient (Wildman–Crippen LogP) is 3.75. The molecule has 260 valence electrons. The second kappa shape index (κ2) is 29.6. The molecule has 2 aromatic heterocycles. The van der Waals surface area contributed by atoms with Gasteiger partial charge in [0, 0.05) is 78.7 Å². The normalized spacial score (nSPS) is 9.96. The molecule has 0 bridgehead atoms. The number of aldehydes is 1. The third kappa shape index (κ3) is 21.4. The van der Waals surface area contributed by atoms with E-state index in [1.54, 1.807) is 36.8 Å². The number of nitrogens with zero attached hydrogens (tertiary/aromatic N) is 4. The van der Waals surface area contributed by atoms with Crippen molar-refractivity contribution in [1.82, 2.24) is 15.3 Å². The van der Waals surface area contributed by atoms with Crippen molar-refractivity contribution in [2.45, 2.75) is 25.9 Å². The smallest absolute Gasteiger partial charge is 0.384 e.